The molecule has 0 saturated carbocycles. The van der Waals surface area contributed by atoms with Gasteiger partial charge in [0.25, 0.3) is 0 Å². The van der Waals surface area contributed by atoms with E-state index in [0.717, 1.165) is 57.8 Å². The van der Waals surface area contributed by atoms with Gasteiger partial charge in [0.1, 0.15) is 0 Å². The molecular weight excluding hydrogens is 388 g/mol. The van der Waals surface area contributed by atoms with Gasteiger partial charge in [-0.3, -0.25) is 0 Å². The van der Waals surface area contributed by atoms with Gasteiger partial charge in [-0.15, -0.1) is 0 Å². The minimum absolute atomic E-state index is 0.407. The highest BCUT2D eigenvalue weighted by molar-refractivity contribution is 5.12. The minimum Gasteiger partial charge on any atom is -0.379 e. The lowest BCUT2D eigenvalue weighted by Crippen LogP contribution is -2.81. The first kappa shape index (κ1) is 28.9. The van der Waals surface area contributed by atoms with E-state index in [-0.39, 0.29) is 0 Å². The number of hydrogen-bond acceptors (Lipinski definition) is 4. The summed E-state index contributed by atoms with van der Waals surface area (Å²) >= 11 is 0. The summed E-state index contributed by atoms with van der Waals surface area (Å²) in [5, 5.41) is 33.8. The molecule has 0 bridgehead atoms. The third-order valence-corrected chi connectivity index (χ3v) is 7.26. The van der Waals surface area contributed by atoms with Crippen LogP contribution < -0.4 is 0 Å². The Labute approximate surface area is 193 Å². The highest BCUT2D eigenvalue weighted by Crippen LogP contribution is 2.55. The molecule has 3 N–H and O–H groups in total. The predicted octanol–water partition coefficient (Wildman–Crippen LogP) is 7.38. The van der Waals surface area contributed by atoms with Crippen LogP contribution in [0.3, 0.4) is 0 Å². The third kappa shape index (κ3) is 8.95. The van der Waals surface area contributed by atoms with Crippen molar-refractivity contribution in [1.82, 2.24) is 0 Å². The second kappa shape index (κ2) is 15.6. The molecule has 4 heteroatoms. The second-order valence-corrected chi connectivity index (χ2v) is 10.1. The molecule has 1 fully saturated rings. The zero-order chi connectivity index (χ0) is 23.1. The van der Waals surface area contributed by atoms with Crippen molar-refractivity contribution in [2.45, 2.75) is 173 Å². The van der Waals surface area contributed by atoms with Gasteiger partial charge in [-0.05, 0) is 19.3 Å². The molecule has 1 aliphatic rings. The summed E-state index contributed by atoms with van der Waals surface area (Å²) in [6.45, 7) is 6.62. The maximum absolute atomic E-state index is 11.5. The second-order valence-electron chi connectivity index (χ2n) is 10.1. The summed E-state index contributed by atoms with van der Waals surface area (Å²) in [6.07, 6.45) is 21.3. The van der Waals surface area contributed by atoms with Crippen molar-refractivity contribution >= 4 is 0 Å². The van der Waals surface area contributed by atoms with Crippen LogP contribution in [-0.4, -0.2) is 32.5 Å². The molecule has 0 aromatic carbocycles. The normalized spacial score (nSPS) is 28.1. The first-order valence-electron chi connectivity index (χ1n) is 13.8. The third-order valence-electron chi connectivity index (χ3n) is 7.26. The van der Waals surface area contributed by atoms with Crippen LogP contribution in [0.5, 0.6) is 0 Å². The molecule has 0 radical (unpaired) electrons. The summed E-state index contributed by atoms with van der Waals surface area (Å²) in [5.41, 5.74) is -1.54. The van der Waals surface area contributed by atoms with Crippen LogP contribution >= 0.6 is 0 Å². The maximum Gasteiger partial charge on any atom is 0.203 e. The molecule has 1 aliphatic heterocycles. The quantitative estimate of drug-likeness (QED) is 0.162. The molecule has 1 saturated heterocycles. The molecule has 0 amide bonds. The van der Waals surface area contributed by atoms with E-state index in [9.17, 15) is 15.3 Å². The number of rotatable bonds is 21. The molecule has 1 rings (SSSR count). The van der Waals surface area contributed by atoms with Crippen molar-refractivity contribution in [3.05, 3.63) is 0 Å². The molecule has 1 heterocycles. The van der Waals surface area contributed by atoms with E-state index >= 15 is 0 Å². The zero-order valence-electron chi connectivity index (χ0n) is 21.1. The largest absolute Gasteiger partial charge is 0.379 e. The van der Waals surface area contributed by atoms with Crippen molar-refractivity contribution in [2.24, 2.45) is 0 Å². The Balaban J connectivity index is 2.56. The monoisotopic (exact) mass is 442 g/mol. The van der Waals surface area contributed by atoms with Crippen molar-refractivity contribution in [2.75, 3.05) is 0 Å². The summed E-state index contributed by atoms with van der Waals surface area (Å²) in [4.78, 5) is 0. The molecule has 31 heavy (non-hydrogen) atoms. The van der Waals surface area contributed by atoms with E-state index in [1.165, 1.54) is 57.8 Å². The Bertz CT molecular complexity index is 413. The Morgan fingerprint density at radius 1 is 0.419 bits per heavy atom. The van der Waals surface area contributed by atoms with Crippen LogP contribution in [0.2, 0.25) is 0 Å². The van der Waals surface area contributed by atoms with Gasteiger partial charge < -0.3 is 20.1 Å². The molecule has 0 aromatic rings. The van der Waals surface area contributed by atoms with Crippen LogP contribution in [0, 0.1) is 0 Å². The number of hydrogen-bond donors (Lipinski definition) is 3. The van der Waals surface area contributed by atoms with E-state index in [4.69, 9.17) is 4.74 Å². The molecule has 0 spiro atoms. The van der Waals surface area contributed by atoms with Crippen LogP contribution in [0.1, 0.15) is 156 Å². The van der Waals surface area contributed by atoms with Crippen LogP contribution in [0.25, 0.3) is 0 Å². The molecule has 0 aliphatic carbocycles. The fourth-order valence-electron chi connectivity index (χ4n) is 5.06. The maximum atomic E-state index is 11.5. The molecule has 4 nitrogen and oxygen atoms in total. The Kier molecular flexibility index (Phi) is 14.6. The van der Waals surface area contributed by atoms with Crippen molar-refractivity contribution < 1.29 is 20.1 Å². The van der Waals surface area contributed by atoms with E-state index in [1.54, 1.807) is 0 Å². The van der Waals surface area contributed by atoms with Gasteiger partial charge in [-0.1, -0.05) is 124 Å². The van der Waals surface area contributed by atoms with Crippen molar-refractivity contribution in [3.63, 3.8) is 0 Å². The topological polar surface area (TPSA) is 69.9 Å². The Morgan fingerprint density at radius 2 is 0.710 bits per heavy atom. The fraction of sp³-hybridized carbons (Fsp3) is 1.00. The minimum atomic E-state index is -1.60. The predicted molar refractivity (Wildman–Crippen MR) is 130 cm³/mol. The fourth-order valence-corrected chi connectivity index (χ4v) is 5.06. The lowest BCUT2D eigenvalue weighted by Gasteiger charge is -2.63. The van der Waals surface area contributed by atoms with Crippen molar-refractivity contribution in [1.29, 1.82) is 0 Å². The van der Waals surface area contributed by atoms with Crippen molar-refractivity contribution in [3.8, 4) is 0 Å². The van der Waals surface area contributed by atoms with Gasteiger partial charge in [0, 0.05) is 12.8 Å². The molecule has 2 atom stereocenters. The SMILES string of the molecule is CCCCCCCCC1(O)OC(O)(CCCCCCCC)C1(O)CCCCCCCC. The van der Waals surface area contributed by atoms with Gasteiger partial charge in [-0.25, -0.2) is 0 Å². The van der Waals surface area contributed by atoms with E-state index in [0.29, 0.717) is 19.3 Å². The van der Waals surface area contributed by atoms with E-state index in [2.05, 4.69) is 20.8 Å². The average molecular weight is 443 g/mol. The van der Waals surface area contributed by atoms with Gasteiger partial charge in [0.05, 0.1) is 0 Å². The van der Waals surface area contributed by atoms with E-state index < -0.39 is 17.2 Å². The summed E-state index contributed by atoms with van der Waals surface area (Å²) in [6, 6.07) is 0. The molecule has 2 unspecified atom stereocenters. The Hall–Kier alpha value is -0.160. The summed E-state index contributed by atoms with van der Waals surface area (Å²) < 4.78 is 5.74. The molecule has 0 aromatic heterocycles. The standard InChI is InChI=1S/C27H54O4/c1-4-7-10-13-16-19-22-25(28)26(29,23-20-17-14-11-8-5-2)31-27(25,30)24-21-18-15-12-9-6-3/h28-30H,4-24H2,1-3H3. The van der Waals surface area contributed by atoms with Gasteiger partial charge in [0.2, 0.25) is 11.6 Å². The average Bonchev–Trinajstić information content (AvgIpc) is 2.75. The smallest absolute Gasteiger partial charge is 0.203 e. The van der Waals surface area contributed by atoms with Crippen LogP contribution in [-0.2, 0) is 4.74 Å². The number of ether oxygens (including phenoxy) is 1. The van der Waals surface area contributed by atoms with Gasteiger partial charge in [-0.2, -0.15) is 0 Å². The summed E-state index contributed by atoms with van der Waals surface area (Å²) in [5.74, 6) is -3.20. The number of unbranched alkanes of at least 4 members (excludes halogenated alkanes) is 15. The Morgan fingerprint density at radius 3 is 1.06 bits per heavy atom. The highest BCUT2D eigenvalue weighted by atomic mass is 16.8. The van der Waals surface area contributed by atoms with Gasteiger partial charge in [0.15, 0.2) is 5.60 Å². The van der Waals surface area contributed by atoms with E-state index in [1.807, 2.05) is 0 Å². The lowest BCUT2D eigenvalue weighted by molar-refractivity contribution is -0.536. The molecule has 186 valence electrons. The zero-order valence-corrected chi connectivity index (χ0v) is 21.1. The first-order chi connectivity index (χ1) is 14.9. The van der Waals surface area contributed by atoms with Crippen LogP contribution in [0.15, 0.2) is 0 Å². The summed E-state index contributed by atoms with van der Waals surface area (Å²) in [7, 11) is 0. The van der Waals surface area contributed by atoms with Crippen LogP contribution in [0.4, 0.5) is 0 Å². The highest BCUT2D eigenvalue weighted by Gasteiger charge is 2.74. The number of aliphatic hydroxyl groups is 3. The lowest BCUT2D eigenvalue weighted by atomic mass is 9.70. The molecular formula is C27H54O4. The first-order valence-corrected chi connectivity index (χ1v) is 13.8. The van der Waals surface area contributed by atoms with Gasteiger partial charge >= 0.3 is 0 Å².